The van der Waals surface area contributed by atoms with E-state index in [9.17, 15) is 13.2 Å². The van der Waals surface area contributed by atoms with E-state index in [0.717, 1.165) is 0 Å². The van der Waals surface area contributed by atoms with Crippen LogP contribution in [-0.4, -0.2) is 58.1 Å². The third kappa shape index (κ3) is 5.10. The number of carbonyl (C=O) groups is 1. The lowest BCUT2D eigenvalue weighted by Crippen LogP contribution is -2.40. The van der Waals surface area contributed by atoms with Crippen LogP contribution in [0.4, 0.5) is 5.69 Å². The van der Waals surface area contributed by atoms with Crippen molar-refractivity contribution in [1.82, 2.24) is 4.31 Å². The quantitative estimate of drug-likeness (QED) is 0.686. The van der Waals surface area contributed by atoms with Crippen LogP contribution in [0.1, 0.15) is 13.3 Å². The first-order chi connectivity index (χ1) is 14.5. The Balaban J connectivity index is 1.67. The number of hydrogen-bond donors (Lipinski definition) is 1. The van der Waals surface area contributed by atoms with E-state index in [2.05, 4.69) is 5.32 Å². The molecule has 1 amide bonds. The molecule has 162 valence electrons. The lowest BCUT2D eigenvalue weighted by Gasteiger charge is -2.26. The Morgan fingerprint density at radius 3 is 2.33 bits per heavy atom. The standard InChI is InChI=1S/C21H26N2O6S/c1-3-18(29-20-7-5-4-6-19(20)27-2)21(24)22-16-8-10-17(11-9-16)30(25,26)23-12-14-28-15-13-23/h4-11,18H,3,12-15H2,1-2H3,(H,22,24)/t18-/m0/s1. The van der Waals surface area contributed by atoms with Crippen molar-refractivity contribution < 1.29 is 27.4 Å². The predicted octanol–water partition coefficient (Wildman–Crippen LogP) is 2.51. The molecule has 8 nitrogen and oxygen atoms in total. The molecule has 0 unspecified atom stereocenters. The van der Waals surface area contributed by atoms with Gasteiger partial charge in [0.15, 0.2) is 17.6 Å². The van der Waals surface area contributed by atoms with Gasteiger partial charge in [0.1, 0.15) is 0 Å². The van der Waals surface area contributed by atoms with E-state index in [0.29, 0.717) is 49.9 Å². The largest absolute Gasteiger partial charge is 0.493 e. The molecular formula is C21H26N2O6S. The molecule has 0 aromatic heterocycles. The van der Waals surface area contributed by atoms with Gasteiger partial charge in [-0.15, -0.1) is 0 Å². The van der Waals surface area contributed by atoms with Gasteiger partial charge in [-0.25, -0.2) is 8.42 Å². The normalized spacial score (nSPS) is 15.9. The molecule has 1 saturated heterocycles. The van der Waals surface area contributed by atoms with E-state index >= 15 is 0 Å². The number of methoxy groups -OCH3 is 1. The van der Waals surface area contributed by atoms with Crippen LogP contribution in [0.25, 0.3) is 0 Å². The first kappa shape index (κ1) is 22.1. The molecule has 3 rings (SSSR count). The second-order valence-electron chi connectivity index (χ2n) is 6.70. The zero-order valence-corrected chi connectivity index (χ0v) is 17.9. The summed E-state index contributed by atoms with van der Waals surface area (Å²) < 4.78 is 43.1. The highest BCUT2D eigenvalue weighted by Gasteiger charge is 2.26. The van der Waals surface area contributed by atoms with Gasteiger partial charge in [-0.05, 0) is 42.8 Å². The third-order valence-corrected chi connectivity index (χ3v) is 6.64. The Morgan fingerprint density at radius 2 is 1.73 bits per heavy atom. The molecule has 1 fully saturated rings. The summed E-state index contributed by atoms with van der Waals surface area (Å²) in [5.41, 5.74) is 0.489. The van der Waals surface area contributed by atoms with Gasteiger partial charge in [0.25, 0.3) is 5.91 Å². The van der Waals surface area contributed by atoms with Crippen molar-refractivity contribution in [3.63, 3.8) is 0 Å². The molecule has 0 saturated carbocycles. The highest BCUT2D eigenvalue weighted by atomic mass is 32.2. The van der Waals surface area contributed by atoms with Crippen LogP contribution in [0.15, 0.2) is 53.4 Å². The highest BCUT2D eigenvalue weighted by Crippen LogP contribution is 2.27. The minimum atomic E-state index is -3.57. The van der Waals surface area contributed by atoms with Crippen molar-refractivity contribution >= 4 is 21.6 Å². The number of morpholine rings is 1. The summed E-state index contributed by atoms with van der Waals surface area (Å²) in [7, 11) is -2.04. The van der Waals surface area contributed by atoms with Crippen LogP contribution in [-0.2, 0) is 19.6 Å². The smallest absolute Gasteiger partial charge is 0.265 e. The molecule has 1 aliphatic heterocycles. The first-order valence-electron chi connectivity index (χ1n) is 9.74. The number of para-hydroxylation sites is 2. The van der Waals surface area contributed by atoms with Crippen LogP contribution in [0.5, 0.6) is 11.5 Å². The molecular weight excluding hydrogens is 408 g/mol. The van der Waals surface area contributed by atoms with Gasteiger partial charge in [0.2, 0.25) is 10.0 Å². The monoisotopic (exact) mass is 434 g/mol. The van der Waals surface area contributed by atoms with Crippen molar-refractivity contribution in [2.75, 3.05) is 38.7 Å². The van der Waals surface area contributed by atoms with Gasteiger partial charge in [-0.3, -0.25) is 4.79 Å². The van der Waals surface area contributed by atoms with Gasteiger partial charge in [0.05, 0.1) is 25.2 Å². The Bertz CT molecular complexity index is 956. The van der Waals surface area contributed by atoms with Crippen LogP contribution in [0.3, 0.4) is 0 Å². The number of rotatable bonds is 8. The van der Waals surface area contributed by atoms with Crippen molar-refractivity contribution in [3.05, 3.63) is 48.5 Å². The number of nitrogens with one attached hydrogen (secondary N) is 1. The summed E-state index contributed by atoms with van der Waals surface area (Å²) in [6.45, 7) is 3.28. The number of amides is 1. The zero-order valence-electron chi connectivity index (χ0n) is 17.0. The van der Waals surface area contributed by atoms with E-state index < -0.39 is 16.1 Å². The fraction of sp³-hybridized carbons (Fsp3) is 0.381. The molecule has 2 aromatic rings. The Morgan fingerprint density at radius 1 is 1.10 bits per heavy atom. The minimum Gasteiger partial charge on any atom is -0.493 e. The van der Waals surface area contributed by atoms with Gasteiger partial charge in [-0.1, -0.05) is 19.1 Å². The second-order valence-corrected chi connectivity index (χ2v) is 8.63. The van der Waals surface area contributed by atoms with Crippen molar-refractivity contribution in [2.24, 2.45) is 0 Å². The maximum Gasteiger partial charge on any atom is 0.265 e. The second kappa shape index (κ2) is 9.92. The minimum absolute atomic E-state index is 0.180. The van der Waals surface area contributed by atoms with E-state index in [1.54, 1.807) is 30.3 Å². The molecule has 0 radical (unpaired) electrons. The number of nitrogens with zero attached hydrogens (tertiary/aromatic N) is 1. The number of benzene rings is 2. The van der Waals surface area contributed by atoms with Crippen molar-refractivity contribution in [1.29, 1.82) is 0 Å². The molecule has 0 aliphatic carbocycles. The molecule has 9 heteroatoms. The number of hydrogen-bond acceptors (Lipinski definition) is 6. The van der Waals surface area contributed by atoms with Crippen LogP contribution in [0, 0.1) is 0 Å². The molecule has 1 heterocycles. The summed E-state index contributed by atoms with van der Waals surface area (Å²) in [6.07, 6.45) is -0.272. The van der Waals surface area contributed by atoms with Gasteiger partial charge in [-0.2, -0.15) is 4.31 Å². The number of ether oxygens (including phenoxy) is 3. The summed E-state index contributed by atoms with van der Waals surface area (Å²) in [4.78, 5) is 12.8. The SMILES string of the molecule is CC[C@H](Oc1ccccc1OC)C(=O)Nc1ccc(S(=O)(=O)N2CCOCC2)cc1. The number of anilines is 1. The molecule has 1 aliphatic rings. The fourth-order valence-electron chi connectivity index (χ4n) is 3.06. The van der Waals surface area contributed by atoms with E-state index in [1.165, 1.54) is 23.5 Å². The average molecular weight is 435 g/mol. The average Bonchev–Trinajstić information content (AvgIpc) is 2.78. The zero-order chi connectivity index (χ0) is 21.6. The topological polar surface area (TPSA) is 94.2 Å². The fourth-order valence-corrected chi connectivity index (χ4v) is 4.47. The Labute approximate surface area is 176 Å². The van der Waals surface area contributed by atoms with Crippen LogP contribution < -0.4 is 14.8 Å². The molecule has 0 bridgehead atoms. The Kier molecular flexibility index (Phi) is 7.30. The van der Waals surface area contributed by atoms with Crippen molar-refractivity contribution in [3.8, 4) is 11.5 Å². The summed E-state index contributed by atoms with van der Waals surface area (Å²) in [5.74, 6) is 0.697. The lowest BCUT2D eigenvalue weighted by molar-refractivity contribution is -0.122. The molecule has 0 spiro atoms. The first-order valence-corrected chi connectivity index (χ1v) is 11.2. The van der Waals surface area contributed by atoms with Gasteiger partial charge < -0.3 is 19.5 Å². The third-order valence-electron chi connectivity index (χ3n) is 4.73. The van der Waals surface area contributed by atoms with Gasteiger partial charge in [0, 0.05) is 18.8 Å². The predicted molar refractivity (Wildman–Crippen MR) is 112 cm³/mol. The molecule has 30 heavy (non-hydrogen) atoms. The van der Waals surface area contributed by atoms with Gasteiger partial charge >= 0.3 is 0 Å². The summed E-state index contributed by atoms with van der Waals surface area (Å²) >= 11 is 0. The molecule has 1 atom stereocenters. The number of carbonyl (C=O) groups excluding carboxylic acids is 1. The van der Waals surface area contributed by atoms with E-state index in [-0.39, 0.29) is 10.8 Å². The Hall–Kier alpha value is -2.62. The molecule has 1 N–H and O–H groups in total. The van der Waals surface area contributed by atoms with E-state index in [1.807, 2.05) is 13.0 Å². The maximum absolute atomic E-state index is 12.7. The molecule has 2 aromatic carbocycles. The summed E-state index contributed by atoms with van der Waals surface area (Å²) in [5, 5.41) is 2.78. The van der Waals surface area contributed by atoms with Crippen LogP contribution in [0.2, 0.25) is 0 Å². The highest BCUT2D eigenvalue weighted by molar-refractivity contribution is 7.89. The number of sulfonamides is 1. The lowest BCUT2D eigenvalue weighted by atomic mass is 10.2. The maximum atomic E-state index is 12.7. The van der Waals surface area contributed by atoms with Crippen molar-refractivity contribution in [2.45, 2.75) is 24.3 Å². The summed E-state index contributed by atoms with van der Waals surface area (Å²) in [6, 6.07) is 13.2. The van der Waals surface area contributed by atoms with E-state index in [4.69, 9.17) is 14.2 Å². The van der Waals surface area contributed by atoms with Crippen LogP contribution >= 0.6 is 0 Å².